The molecule has 0 aromatic heterocycles. The van der Waals surface area contributed by atoms with Gasteiger partial charge in [0.25, 0.3) is 0 Å². The van der Waals surface area contributed by atoms with Crippen LogP contribution in [0.25, 0.3) is 0 Å². The zero-order chi connectivity index (χ0) is 17.1. The molecule has 2 aliphatic carbocycles. The van der Waals surface area contributed by atoms with Gasteiger partial charge in [-0.05, 0) is 67.9 Å². The molecule has 0 N–H and O–H groups in total. The highest BCUT2D eigenvalue weighted by molar-refractivity contribution is 5.33. The van der Waals surface area contributed by atoms with Gasteiger partial charge in [0.05, 0.1) is 19.8 Å². The largest absolute Gasteiger partial charge is 0.494 e. The second-order valence-corrected chi connectivity index (χ2v) is 7.07. The van der Waals surface area contributed by atoms with Crippen molar-refractivity contribution in [3.05, 3.63) is 42.0 Å². The molecule has 2 fully saturated rings. The van der Waals surface area contributed by atoms with E-state index in [1.807, 2.05) is 0 Å². The smallest absolute Gasteiger partial charge is 0.200 e. The number of ether oxygens (including phenoxy) is 2. The summed E-state index contributed by atoms with van der Waals surface area (Å²) in [6, 6.07) is 3.24. The van der Waals surface area contributed by atoms with E-state index in [1.165, 1.54) is 7.11 Å². The molecule has 0 radical (unpaired) electrons. The van der Waals surface area contributed by atoms with Crippen molar-refractivity contribution < 1.29 is 18.3 Å². The van der Waals surface area contributed by atoms with Gasteiger partial charge in [-0.2, -0.15) is 4.39 Å². The van der Waals surface area contributed by atoms with Gasteiger partial charge in [0, 0.05) is 0 Å². The highest BCUT2D eigenvalue weighted by Crippen LogP contribution is 2.47. The number of halogens is 2. The van der Waals surface area contributed by atoms with Crippen molar-refractivity contribution in [1.29, 1.82) is 0 Å². The zero-order valence-electron chi connectivity index (χ0n) is 14.3. The SMILES string of the molecule is C=CCOC1CCC2CC(c3ccc(OC)c(F)c3F)CCC2C1. The minimum Gasteiger partial charge on any atom is -0.494 e. The van der Waals surface area contributed by atoms with Gasteiger partial charge in [0.15, 0.2) is 11.6 Å². The Kier molecular flexibility index (Phi) is 5.54. The molecule has 0 heterocycles. The number of hydrogen-bond donors (Lipinski definition) is 0. The van der Waals surface area contributed by atoms with Crippen LogP contribution in [0.15, 0.2) is 24.8 Å². The average molecular weight is 336 g/mol. The molecule has 0 bridgehead atoms. The maximum absolute atomic E-state index is 14.4. The predicted octanol–water partition coefficient (Wildman–Crippen LogP) is 5.23. The Bertz CT molecular complexity index is 587. The van der Waals surface area contributed by atoms with Crippen LogP contribution in [0.4, 0.5) is 8.78 Å². The summed E-state index contributed by atoms with van der Waals surface area (Å²) in [4.78, 5) is 0. The average Bonchev–Trinajstić information content (AvgIpc) is 2.61. The summed E-state index contributed by atoms with van der Waals surface area (Å²) < 4.78 is 39.0. The lowest BCUT2D eigenvalue weighted by atomic mass is 9.65. The number of hydrogen-bond acceptors (Lipinski definition) is 2. The third kappa shape index (κ3) is 3.49. The van der Waals surface area contributed by atoms with Crippen LogP contribution in [-0.4, -0.2) is 19.8 Å². The fourth-order valence-electron chi connectivity index (χ4n) is 4.50. The fourth-order valence-corrected chi connectivity index (χ4v) is 4.50. The van der Waals surface area contributed by atoms with Crippen molar-refractivity contribution in [3.8, 4) is 5.75 Å². The third-order valence-corrected chi connectivity index (χ3v) is 5.75. The summed E-state index contributed by atoms with van der Waals surface area (Å²) in [6.07, 6.45) is 8.31. The molecule has 0 saturated heterocycles. The van der Waals surface area contributed by atoms with Crippen molar-refractivity contribution in [3.63, 3.8) is 0 Å². The van der Waals surface area contributed by atoms with Gasteiger partial charge < -0.3 is 9.47 Å². The first-order valence-corrected chi connectivity index (χ1v) is 8.88. The first kappa shape index (κ1) is 17.4. The van der Waals surface area contributed by atoms with E-state index in [1.54, 1.807) is 18.2 Å². The van der Waals surface area contributed by atoms with E-state index in [-0.39, 0.29) is 11.7 Å². The van der Waals surface area contributed by atoms with Gasteiger partial charge in [0.2, 0.25) is 5.82 Å². The van der Waals surface area contributed by atoms with Crippen LogP contribution in [0, 0.1) is 23.5 Å². The lowest BCUT2D eigenvalue weighted by Gasteiger charge is -2.42. The van der Waals surface area contributed by atoms with E-state index in [4.69, 9.17) is 9.47 Å². The molecule has 0 amide bonds. The Balaban J connectivity index is 1.66. The minimum absolute atomic E-state index is 0.0233. The van der Waals surface area contributed by atoms with Crippen molar-refractivity contribution in [2.24, 2.45) is 11.8 Å². The Morgan fingerprint density at radius 3 is 2.58 bits per heavy atom. The fraction of sp³-hybridized carbons (Fsp3) is 0.600. The van der Waals surface area contributed by atoms with Crippen molar-refractivity contribution in [2.45, 2.75) is 50.5 Å². The lowest BCUT2D eigenvalue weighted by Crippen LogP contribution is -2.34. The number of methoxy groups -OCH3 is 1. The minimum atomic E-state index is -0.862. The van der Waals surface area contributed by atoms with Gasteiger partial charge >= 0.3 is 0 Å². The van der Waals surface area contributed by atoms with Gasteiger partial charge in [0.1, 0.15) is 0 Å². The van der Waals surface area contributed by atoms with Crippen LogP contribution in [0.5, 0.6) is 5.75 Å². The standard InChI is InChI=1S/C20H26F2O2/c1-3-10-24-16-7-6-13-11-15(5-4-14(13)12-16)17-8-9-18(23-2)20(22)19(17)21/h3,8-9,13-16H,1,4-7,10-12H2,2H3. The van der Waals surface area contributed by atoms with Crippen LogP contribution in [-0.2, 0) is 4.74 Å². The highest BCUT2D eigenvalue weighted by Gasteiger charge is 2.37. The molecule has 132 valence electrons. The molecule has 2 aliphatic rings. The van der Waals surface area contributed by atoms with Gasteiger partial charge in [-0.3, -0.25) is 0 Å². The van der Waals surface area contributed by atoms with Crippen LogP contribution in [0.3, 0.4) is 0 Å². The Morgan fingerprint density at radius 2 is 1.83 bits per heavy atom. The van der Waals surface area contributed by atoms with Crippen LogP contribution in [0.1, 0.15) is 50.0 Å². The second-order valence-electron chi connectivity index (χ2n) is 7.07. The zero-order valence-corrected chi connectivity index (χ0v) is 14.3. The summed E-state index contributed by atoms with van der Waals surface area (Å²) in [5.41, 5.74) is 0.511. The van der Waals surface area contributed by atoms with Crippen molar-refractivity contribution in [2.75, 3.05) is 13.7 Å². The van der Waals surface area contributed by atoms with E-state index in [9.17, 15) is 8.78 Å². The Labute approximate surface area is 142 Å². The molecular formula is C20H26F2O2. The molecule has 1 aromatic rings. The number of fused-ring (bicyclic) bond motifs is 1. The van der Waals surface area contributed by atoms with Crippen molar-refractivity contribution >= 4 is 0 Å². The molecule has 2 nitrogen and oxygen atoms in total. The van der Waals surface area contributed by atoms with Gasteiger partial charge in [-0.15, -0.1) is 6.58 Å². The topological polar surface area (TPSA) is 18.5 Å². The van der Waals surface area contributed by atoms with Gasteiger partial charge in [-0.25, -0.2) is 4.39 Å². The third-order valence-electron chi connectivity index (χ3n) is 5.75. The molecule has 2 saturated carbocycles. The molecule has 1 aromatic carbocycles. The summed E-state index contributed by atoms with van der Waals surface area (Å²) in [6.45, 7) is 4.31. The molecule has 24 heavy (non-hydrogen) atoms. The van der Waals surface area contributed by atoms with Gasteiger partial charge in [-0.1, -0.05) is 12.1 Å². The van der Waals surface area contributed by atoms with Crippen molar-refractivity contribution in [1.82, 2.24) is 0 Å². The molecule has 0 spiro atoms. The summed E-state index contributed by atoms with van der Waals surface area (Å²) >= 11 is 0. The lowest BCUT2D eigenvalue weighted by molar-refractivity contribution is -0.00327. The maximum Gasteiger partial charge on any atom is 0.200 e. The van der Waals surface area contributed by atoms with Crippen LogP contribution < -0.4 is 4.74 Å². The highest BCUT2D eigenvalue weighted by atomic mass is 19.2. The molecule has 0 aliphatic heterocycles. The normalized spacial score (nSPS) is 29.8. The number of benzene rings is 1. The van der Waals surface area contributed by atoms with Crippen LogP contribution in [0.2, 0.25) is 0 Å². The first-order chi connectivity index (χ1) is 11.6. The summed E-state index contributed by atoms with van der Waals surface area (Å²) in [7, 11) is 1.36. The maximum atomic E-state index is 14.4. The van der Waals surface area contributed by atoms with E-state index in [0.717, 1.165) is 38.5 Å². The first-order valence-electron chi connectivity index (χ1n) is 8.88. The molecule has 4 unspecified atom stereocenters. The summed E-state index contributed by atoms with van der Waals surface area (Å²) in [5, 5.41) is 0. The predicted molar refractivity (Wildman–Crippen MR) is 90.3 cm³/mol. The van der Waals surface area contributed by atoms with E-state index in [0.29, 0.717) is 30.1 Å². The monoisotopic (exact) mass is 336 g/mol. The quantitative estimate of drug-likeness (QED) is 0.686. The molecule has 3 rings (SSSR count). The van der Waals surface area contributed by atoms with Crippen LogP contribution >= 0.6 is 0 Å². The molecular weight excluding hydrogens is 310 g/mol. The van der Waals surface area contributed by atoms with E-state index >= 15 is 0 Å². The summed E-state index contributed by atoms with van der Waals surface area (Å²) in [5.74, 6) is -0.269. The Morgan fingerprint density at radius 1 is 1.08 bits per heavy atom. The Hall–Kier alpha value is -1.42. The van der Waals surface area contributed by atoms with E-state index < -0.39 is 11.6 Å². The van der Waals surface area contributed by atoms with E-state index in [2.05, 4.69) is 6.58 Å². The number of rotatable bonds is 5. The molecule has 4 atom stereocenters. The molecule has 4 heteroatoms. The second kappa shape index (κ2) is 7.64.